The Morgan fingerprint density at radius 2 is 2.43 bits per heavy atom. The van der Waals surface area contributed by atoms with Gasteiger partial charge in [-0.25, -0.2) is 4.39 Å². The van der Waals surface area contributed by atoms with Crippen LogP contribution in [0.15, 0.2) is 18.5 Å². The summed E-state index contributed by atoms with van der Waals surface area (Å²) in [6.45, 7) is 2.85. The molecule has 14 heavy (non-hydrogen) atoms. The third kappa shape index (κ3) is 1.46. The van der Waals surface area contributed by atoms with Gasteiger partial charge in [-0.15, -0.1) is 0 Å². The number of aromatic nitrogens is 1. The zero-order valence-electron chi connectivity index (χ0n) is 8.15. The molecular formula is C10H14FN3. The van der Waals surface area contributed by atoms with Crippen molar-refractivity contribution in [2.24, 2.45) is 5.73 Å². The molecule has 1 aromatic heterocycles. The summed E-state index contributed by atoms with van der Waals surface area (Å²) in [4.78, 5) is 5.73. The second-order valence-electron chi connectivity index (χ2n) is 3.71. The number of rotatable bonds is 1. The Balaban J connectivity index is 2.28. The molecule has 1 fully saturated rings. The van der Waals surface area contributed by atoms with Crippen molar-refractivity contribution in [1.29, 1.82) is 0 Å². The second-order valence-corrected chi connectivity index (χ2v) is 3.71. The second kappa shape index (κ2) is 3.53. The third-order valence-electron chi connectivity index (χ3n) is 2.88. The molecule has 2 atom stereocenters. The van der Waals surface area contributed by atoms with Gasteiger partial charge in [-0.05, 0) is 19.4 Å². The number of anilines is 1. The molecule has 2 N–H and O–H groups in total. The van der Waals surface area contributed by atoms with E-state index in [1.54, 1.807) is 12.3 Å². The van der Waals surface area contributed by atoms with E-state index in [4.69, 9.17) is 5.73 Å². The van der Waals surface area contributed by atoms with E-state index in [0.717, 1.165) is 13.0 Å². The molecule has 3 nitrogen and oxygen atoms in total. The third-order valence-corrected chi connectivity index (χ3v) is 2.88. The number of pyridine rings is 1. The molecule has 76 valence electrons. The highest BCUT2D eigenvalue weighted by Gasteiger charge is 2.29. The van der Waals surface area contributed by atoms with E-state index in [2.05, 4.69) is 4.98 Å². The zero-order chi connectivity index (χ0) is 10.1. The van der Waals surface area contributed by atoms with E-state index in [1.165, 1.54) is 6.20 Å². The molecule has 1 saturated heterocycles. The highest BCUT2D eigenvalue weighted by Crippen LogP contribution is 2.26. The molecule has 0 bridgehead atoms. The molecule has 0 radical (unpaired) electrons. The van der Waals surface area contributed by atoms with E-state index >= 15 is 0 Å². The summed E-state index contributed by atoms with van der Waals surface area (Å²) in [7, 11) is 0. The smallest absolute Gasteiger partial charge is 0.164 e. The number of nitrogens with two attached hydrogens (primary N) is 1. The maximum Gasteiger partial charge on any atom is 0.164 e. The van der Waals surface area contributed by atoms with Gasteiger partial charge in [0.05, 0.1) is 11.9 Å². The Labute approximate surface area is 82.7 Å². The molecule has 2 heterocycles. The zero-order valence-corrected chi connectivity index (χ0v) is 8.15. The maximum atomic E-state index is 13.4. The molecule has 2 unspecified atom stereocenters. The molecule has 4 heteroatoms. The van der Waals surface area contributed by atoms with E-state index in [9.17, 15) is 4.39 Å². The number of nitrogens with zero attached hydrogens (tertiary/aromatic N) is 2. The maximum absolute atomic E-state index is 13.4. The Morgan fingerprint density at radius 1 is 1.64 bits per heavy atom. The molecule has 0 saturated carbocycles. The average Bonchev–Trinajstić information content (AvgIpc) is 2.49. The first-order valence-electron chi connectivity index (χ1n) is 4.82. The summed E-state index contributed by atoms with van der Waals surface area (Å²) in [5.74, 6) is -0.270. The van der Waals surface area contributed by atoms with Crippen LogP contribution < -0.4 is 10.6 Å². The van der Waals surface area contributed by atoms with Crippen LogP contribution in [-0.2, 0) is 0 Å². The number of halogens is 1. The Morgan fingerprint density at radius 3 is 3.00 bits per heavy atom. The number of hydrogen-bond acceptors (Lipinski definition) is 3. The Kier molecular flexibility index (Phi) is 2.37. The van der Waals surface area contributed by atoms with Crippen LogP contribution in [0.25, 0.3) is 0 Å². The molecule has 0 aliphatic carbocycles. The minimum absolute atomic E-state index is 0.141. The molecule has 0 spiro atoms. The number of hydrogen-bond donors (Lipinski definition) is 1. The van der Waals surface area contributed by atoms with Crippen LogP contribution in [0.4, 0.5) is 10.1 Å². The lowest BCUT2D eigenvalue weighted by Gasteiger charge is -2.25. The molecule has 1 aliphatic heterocycles. The highest BCUT2D eigenvalue weighted by molar-refractivity contribution is 5.48. The van der Waals surface area contributed by atoms with Gasteiger partial charge in [0.2, 0.25) is 0 Å². The largest absolute Gasteiger partial charge is 0.365 e. The minimum Gasteiger partial charge on any atom is -0.365 e. The molecule has 1 aromatic rings. The van der Waals surface area contributed by atoms with Crippen molar-refractivity contribution >= 4 is 5.69 Å². The first-order valence-corrected chi connectivity index (χ1v) is 4.82. The van der Waals surface area contributed by atoms with E-state index in [-0.39, 0.29) is 17.9 Å². The molecule has 0 amide bonds. The quantitative estimate of drug-likeness (QED) is 0.730. The van der Waals surface area contributed by atoms with Gasteiger partial charge >= 0.3 is 0 Å². The highest BCUT2D eigenvalue weighted by atomic mass is 19.1. The van der Waals surface area contributed by atoms with E-state index in [1.807, 2.05) is 11.8 Å². The lowest BCUT2D eigenvalue weighted by molar-refractivity contribution is 0.592. The van der Waals surface area contributed by atoms with Crippen LogP contribution in [0.1, 0.15) is 13.3 Å². The van der Waals surface area contributed by atoms with Crippen LogP contribution in [0.2, 0.25) is 0 Å². The van der Waals surface area contributed by atoms with Crippen molar-refractivity contribution in [2.45, 2.75) is 25.4 Å². The van der Waals surface area contributed by atoms with Crippen LogP contribution in [0.5, 0.6) is 0 Å². The van der Waals surface area contributed by atoms with Crippen molar-refractivity contribution < 1.29 is 4.39 Å². The van der Waals surface area contributed by atoms with Gasteiger partial charge < -0.3 is 10.6 Å². The average molecular weight is 195 g/mol. The summed E-state index contributed by atoms with van der Waals surface area (Å²) >= 11 is 0. The monoisotopic (exact) mass is 195 g/mol. The summed E-state index contributed by atoms with van der Waals surface area (Å²) in [6, 6.07) is 2.04. The van der Waals surface area contributed by atoms with Crippen molar-refractivity contribution in [1.82, 2.24) is 4.98 Å². The van der Waals surface area contributed by atoms with Gasteiger partial charge in [-0.3, -0.25) is 4.98 Å². The first-order chi connectivity index (χ1) is 6.70. The van der Waals surface area contributed by atoms with E-state index in [0.29, 0.717) is 5.69 Å². The molecule has 2 rings (SSSR count). The molecular weight excluding hydrogens is 181 g/mol. The lowest BCUT2D eigenvalue weighted by atomic mass is 10.1. The SMILES string of the molecule is CC1C(N)CCN1c1ccncc1F. The molecule has 1 aliphatic rings. The van der Waals surface area contributed by atoms with Gasteiger partial charge in [0, 0.05) is 24.8 Å². The normalized spacial score (nSPS) is 26.9. The van der Waals surface area contributed by atoms with Crippen LogP contribution >= 0.6 is 0 Å². The van der Waals surface area contributed by atoms with Crippen molar-refractivity contribution in [3.05, 3.63) is 24.3 Å². The van der Waals surface area contributed by atoms with Crippen molar-refractivity contribution in [2.75, 3.05) is 11.4 Å². The summed E-state index contributed by atoms with van der Waals surface area (Å²) in [6.07, 6.45) is 3.77. The van der Waals surface area contributed by atoms with E-state index < -0.39 is 0 Å². The fraction of sp³-hybridized carbons (Fsp3) is 0.500. The van der Waals surface area contributed by atoms with Crippen molar-refractivity contribution in [3.63, 3.8) is 0 Å². The fourth-order valence-corrected chi connectivity index (χ4v) is 1.90. The van der Waals surface area contributed by atoms with Crippen LogP contribution in [0.3, 0.4) is 0 Å². The Bertz CT molecular complexity index is 329. The fourth-order valence-electron chi connectivity index (χ4n) is 1.90. The summed E-state index contributed by atoms with van der Waals surface area (Å²) in [5.41, 5.74) is 6.49. The predicted octanol–water partition coefficient (Wildman–Crippen LogP) is 1.15. The van der Waals surface area contributed by atoms with Gasteiger partial charge in [0.1, 0.15) is 0 Å². The van der Waals surface area contributed by atoms with Crippen molar-refractivity contribution in [3.8, 4) is 0 Å². The van der Waals surface area contributed by atoms with Gasteiger partial charge in [0.15, 0.2) is 5.82 Å². The summed E-state index contributed by atoms with van der Waals surface area (Å²) < 4.78 is 13.4. The first kappa shape index (κ1) is 9.40. The van der Waals surface area contributed by atoms with Gasteiger partial charge in [-0.1, -0.05) is 0 Å². The summed E-state index contributed by atoms with van der Waals surface area (Å²) in [5, 5.41) is 0. The standard InChI is InChI=1S/C10H14FN3/c1-7-9(12)3-5-14(7)10-2-4-13-6-8(10)11/h2,4,6-7,9H,3,5,12H2,1H3. The topological polar surface area (TPSA) is 42.1 Å². The van der Waals surface area contributed by atoms with Gasteiger partial charge in [0.25, 0.3) is 0 Å². The van der Waals surface area contributed by atoms with Crippen LogP contribution in [0, 0.1) is 5.82 Å². The Hall–Kier alpha value is -1.16. The van der Waals surface area contributed by atoms with Crippen LogP contribution in [-0.4, -0.2) is 23.6 Å². The predicted molar refractivity (Wildman–Crippen MR) is 53.6 cm³/mol. The molecule has 0 aromatic carbocycles. The lowest BCUT2D eigenvalue weighted by Crippen LogP contribution is -2.37. The minimum atomic E-state index is -0.270. The van der Waals surface area contributed by atoms with Gasteiger partial charge in [-0.2, -0.15) is 0 Å².